The molecular formula is C13H16N2O3. The van der Waals surface area contributed by atoms with Crippen molar-refractivity contribution in [2.75, 3.05) is 0 Å². The molecule has 0 spiro atoms. The summed E-state index contributed by atoms with van der Waals surface area (Å²) in [6.45, 7) is 3.09. The van der Waals surface area contributed by atoms with E-state index in [-0.39, 0.29) is 5.91 Å². The molecule has 0 aliphatic carbocycles. The molecule has 0 heterocycles. The van der Waals surface area contributed by atoms with Crippen molar-refractivity contribution in [2.24, 2.45) is 0 Å². The van der Waals surface area contributed by atoms with Crippen LogP contribution in [0.25, 0.3) is 0 Å². The molecule has 0 bridgehead atoms. The van der Waals surface area contributed by atoms with E-state index in [4.69, 9.17) is 10.1 Å². The molecule has 1 aromatic carbocycles. The lowest BCUT2D eigenvalue weighted by Crippen LogP contribution is -2.43. The number of rotatable bonds is 5. The minimum Gasteiger partial charge on any atom is -0.436 e. The van der Waals surface area contributed by atoms with Crippen LogP contribution in [0, 0.1) is 5.41 Å². The molecule has 0 radical (unpaired) electrons. The molecule has 1 amide bonds. The molecule has 2 N–H and O–H groups in total. The highest BCUT2D eigenvalue weighted by Crippen LogP contribution is 2.09. The molecular weight excluding hydrogens is 232 g/mol. The van der Waals surface area contributed by atoms with Gasteiger partial charge >= 0.3 is 0 Å². The molecule has 5 nitrogen and oxygen atoms in total. The van der Waals surface area contributed by atoms with Gasteiger partial charge in [-0.05, 0) is 18.6 Å². The van der Waals surface area contributed by atoms with Gasteiger partial charge in [0.15, 0.2) is 0 Å². The van der Waals surface area contributed by atoms with Crippen molar-refractivity contribution in [1.29, 1.82) is 5.41 Å². The Morgan fingerprint density at radius 3 is 2.44 bits per heavy atom. The lowest BCUT2D eigenvalue weighted by molar-refractivity contribution is -0.124. The molecule has 0 aliphatic heterocycles. The van der Waals surface area contributed by atoms with Gasteiger partial charge in [0, 0.05) is 6.92 Å². The summed E-state index contributed by atoms with van der Waals surface area (Å²) in [5, 5.41) is 10.1. The van der Waals surface area contributed by atoms with Crippen LogP contribution in [0.3, 0.4) is 0 Å². The number of Topliss-reactive ketones (excluding diaryl/α,β-unsaturated/α-hetero) is 1. The van der Waals surface area contributed by atoms with Crippen LogP contribution in [0.15, 0.2) is 30.3 Å². The van der Waals surface area contributed by atoms with Crippen LogP contribution >= 0.6 is 0 Å². The third-order valence-corrected chi connectivity index (χ3v) is 2.29. The molecule has 0 aliphatic rings. The lowest BCUT2D eigenvalue weighted by Gasteiger charge is -2.15. The van der Waals surface area contributed by atoms with Gasteiger partial charge in [-0.3, -0.25) is 15.0 Å². The average Bonchev–Trinajstić information content (AvgIpc) is 2.36. The highest BCUT2D eigenvalue weighted by atomic mass is 16.5. The first kappa shape index (κ1) is 13.9. The normalized spacial score (nSPS) is 11.4. The smallest absolute Gasteiger partial charge is 0.258 e. The summed E-state index contributed by atoms with van der Waals surface area (Å²) < 4.78 is 5.12. The fourth-order valence-electron chi connectivity index (χ4n) is 1.41. The van der Waals surface area contributed by atoms with Crippen LogP contribution in [0.5, 0.6) is 5.75 Å². The Kier molecular flexibility index (Phi) is 5.05. The summed E-state index contributed by atoms with van der Waals surface area (Å²) in [4.78, 5) is 22.8. The fourth-order valence-corrected chi connectivity index (χ4v) is 1.41. The number of benzene rings is 1. The summed E-state index contributed by atoms with van der Waals surface area (Å²) >= 11 is 0. The maximum absolute atomic E-state index is 11.8. The Bertz CT molecular complexity index is 443. The second-order valence-electron chi connectivity index (χ2n) is 3.77. The summed E-state index contributed by atoms with van der Waals surface area (Å²) in [5.74, 6) is -0.880. The highest BCUT2D eigenvalue weighted by Gasteiger charge is 2.23. The molecule has 1 rings (SSSR count). The van der Waals surface area contributed by atoms with Gasteiger partial charge in [0.1, 0.15) is 5.75 Å². The first-order valence-corrected chi connectivity index (χ1v) is 5.67. The molecule has 0 unspecified atom stereocenters. The van der Waals surface area contributed by atoms with E-state index in [0.717, 1.165) is 0 Å². The molecule has 0 saturated heterocycles. The van der Waals surface area contributed by atoms with E-state index < -0.39 is 17.7 Å². The third kappa shape index (κ3) is 4.01. The first-order chi connectivity index (χ1) is 8.54. The highest BCUT2D eigenvalue weighted by molar-refractivity contribution is 6.37. The lowest BCUT2D eigenvalue weighted by atomic mass is 10.1. The molecule has 18 heavy (non-hydrogen) atoms. The van der Waals surface area contributed by atoms with Gasteiger partial charge in [0.25, 0.3) is 5.90 Å². The van der Waals surface area contributed by atoms with Crippen molar-refractivity contribution >= 4 is 17.6 Å². The average molecular weight is 248 g/mol. The van der Waals surface area contributed by atoms with Crippen LogP contribution in [-0.2, 0) is 9.59 Å². The molecule has 0 aromatic heterocycles. The SMILES string of the molecule is CC[C@H](NC(C)=O)C(=O)C(=N)Oc1ccccc1. The number of nitrogens with one attached hydrogen (secondary N) is 2. The fraction of sp³-hybridized carbons (Fsp3) is 0.308. The van der Waals surface area contributed by atoms with E-state index in [1.165, 1.54) is 6.92 Å². The summed E-state index contributed by atoms with van der Waals surface area (Å²) in [6, 6.07) is 7.90. The van der Waals surface area contributed by atoms with Gasteiger partial charge in [0.05, 0.1) is 6.04 Å². The van der Waals surface area contributed by atoms with E-state index >= 15 is 0 Å². The predicted octanol–water partition coefficient (Wildman–Crippen LogP) is 1.53. The zero-order valence-electron chi connectivity index (χ0n) is 10.4. The molecule has 1 atom stereocenters. The van der Waals surface area contributed by atoms with Crippen molar-refractivity contribution in [3.63, 3.8) is 0 Å². The summed E-state index contributed by atoms with van der Waals surface area (Å²) in [7, 11) is 0. The van der Waals surface area contributed by atoms with Crippen molar-refractivity contribution in [3.05, 3.63) is 30.3 Å². The van der Waals surface area contributed by atoms with Crippen LogP contribution in [0.1, 0.15) is 20.3 Å². The molecule has 5 heteroatoms. The monoisotopic (exact) mass is 248 g/mol. The van der Waals surface area contributed by atoms with E-state index in [1.54, 1.807) is 31.2 Å². The van der Waals surface area contributed by atoms with Crippen molar-refractivity contribution in [1.82, 2.24) is 5.32 Å². The van der Waals surface area contributed by atoms with E-state index in [1.807, 2.05) is 6.07 Å². The first-order valence-electron chi connectivity index (χ1n) is 5.67. The predicted molar refractivity (Wildman–Crippen MR) is 67.7 cm³/mol. The number of ketones is 1. The number of para-hydroxylation sites is 1. The standard InChI is InChI=1S/C13H16N2O3/c1-3-11(15-9(2)16)12(17)13(14)18-10-7-5-4-6-8-10/h4-8,11,14H,3H2,1-2H3,(H,15,16)/t11-/m0/s1. The van der Waals surface area contributed by atoms with Gasteiger partial charge in [0.2, 0.25) is 11.7 Å². The Hall–Kier alpha value is -2.17. The quantitative estimate of drug-likeness (QED) is 0.612. The topological polar surface area (TPSA) is 79.3 Å². The second kappa shape index (κ2) is 6.54. The minimum absolute atomic E-state index is 0.303. The second-order valence-corrected chi connectivity index (χ2v) is 3.77. The minimum atomic E-state index is -0.710. The molecule has 1 aromatic rings. The van der Waals surface area contributed by atoms with Crippen LogP contribution < -0.4 is 10.1 Å². The van der Waals surface area contributed by atoms with Crippen LogP contribution in [0.4, 0.5) is 0 Å². The maximum Gasteiger partial charge on any atom is 0.258 e. The maximum atomic E-state index is 11.8. The Balaban J connectivity index is 2.65. The van der Waals surface area contributed by atoms with Crippen LogP contribution in [-0.4, -0.2) is 23.6 Å². The number of carbonyl (C=O) groups excluding carboxylic acids is 2. The zero-order chi connectivity index (χ0) is 13.5. The Labute approximate surface area is 106 Å². The van der Waals surface area contributed by atoms with Crippen LogP contribution in [0.2, 0.25) is 0 Å². The summed E-state index contributed by atoms with van der Waals surface area (Å²) in [5.41, 5.74) is 0. The van der Waals surface area contributed by atoms with E-state index in [0.29, 0.717) is 12.2 Å². The van der Waals surface area contributed by atoms with Crippen molar-refractivity contribution in [3.8, 4) is 5.75 Å². The van der Waals surface area contributed by atoms with Gasteiger partial charge in [-0.25, -0.2) is 0 Å². The Morgan fingerprint density at radius 1 is 1.33 bits per heavy atom. The summed E-state index contributed by atoms with van der Waals surface area (Å²) in [6.07, 6.45) is 0.416. The largest absolute Gasteiger partial charge is 0.436 e. The number of hydrogen-bond donors (Lipinski definition) is 2. The van der Waals surface area contributed by atoms with Crippen molar-refractivity contribution < 1.29 is 14.3 Å². The number of carbonyl (C=O) groups is 2. The molecule has 0 fully saturated rings. The zero-order valence-corrected chi connectivity index (χ0v) is 10.4. The van der Waals surface area contributed by atoms with Gasteiger partial charge in [-0.15, -0.1) is 0 Å². The van der Waals surface area contributed by atoms with Gasteiger partial charge < -0.3 is 10.1 Å². The number of amides is 1. The Morgan fingerprint density at radius 2 is 1.94 bits per heavy atom. The van der Waals surface area contributed by atoms with E-state index in [9.17, 15) is 9.59 Å². The van der Waals surface area contributed by atoms with Gasteiger partial charge in [-0.2, -0.15) is 0 Å². The van der Waals surface area contributed by atoms with Gasteiger partial charge in [-0.1, -0.05) is 25.1 Å². The third-order valence-electron chi connectivity index (χ3n) is 2.29. The van der Waals surface area contributed by atoms with Crippen molar-refractivity contribution in [2.45, 2.75) is 26.3 Å². The number of ether oxygens (including phenoxy) is 1. The molecule has 96 valence electrons. The molecule has 0 saturated carbocycles. The van der Waals surface area contributed by atoms with E-state index in [2.05, 4.69) is 5.32 Å². The number of hydrogen-bond acceptors (Lipinski definition) is 4.